The molecule has 4 rings (SSSR count). The Morgan fingerprint density at radius 1 is 1.00 bits per heavy atom. The molecule has 2 amide bonds. The molecule has 0 radical (unpaired) electrons. The molecule has 7 heteroatoms. The lowest BCUT2D eigenvalue weighted by Crippen LogP contribution is -2.48. The van der Waals surface area contributed by atoms with Crippen molar-refractivity contribution < 1.29 is 24.2 Å². The Morgan fingerprint density at radius 2 is 1.62 bits per heavy atom. The molecule has 2 aliphatic carbocycles. The summed E-state index contributed by atoms with van der Waals surface area (Å²) in [6.45, 7) is 2.30. The van der Waals surface area contributed by atoms with Gasteiger partial charge in [0.1, 0.15) is 12.6 Å². The molecule has 2 unspecified atom stereocenters. The van der Waals surface area contributed by atoms with Gasteiger partial charge in [0.25, 0.3) is 0 Å². The topological polar surface area (TPSA) is 105 Å². The first-order valence-corrected chi connectivity index (χ1v) is 12.1. The first-order chi connectivity index (χ1) is 16.5. The van der Waals surface area contributed by atoms with Crippen LogP contribution in [0.3, 0.4) is 0 Å². The van der Waals surface area contributed by atoms with E-state index in [0.29, 0.717) is 19.4 Å². The third kappa shape index (κ3) is 5.08. The van der Waals surface area contributed by atoms with Crippen molar-refractivity contribution in [1.29, 1.82) is 0 Å². The minimum atomic E-state index is -0.803. The van der Waals surface area contributed by atoms with Crippen molar-refractivity contribution in [2.24, 2.45) is 11.8 Å². The molecule has 3 atom stereocenters. The Labute approximate surface area is 199 Å². The molecule has 7 nitrogen and oxygen atoms in total. The normalized spacial score (nSPS) is 20.0. The number of hydrogen-bond acceptors (Lipinski definition) is 4. The number of ether oxygens (including phenoxy) is 1. The molecular formula is C27H32N2O5. The van der Waals surface area contributed by atoms with Gasteiger partial charge in [-0.2, -0.15) is 0 Å². The van der Waals surface area contributed by atoms with Gasteiger partial charge in [-0.15, -0.1) is 0 Å². The van der Waals surface area contributed by atoms with E-state index >= 15 is 0 Å². The molecule has 1 fully saturated rings. The van der Waals surface area contributed by atoms with Crippen LogP contribution in [0.5, 0.6) is 0 Å². The number of hydrogen-bond donors (Lipinski definition) is 3. The molecule has 0 aliphatic heterocycles. The number of carbonyl (C=O) groups is 3. The van der Waals surface area contributed by atoms with Crippen molar-refractivity contribution in [2.75, 3.05) is 13.2 Å². The first-order valence-electron chi connectivity index (χ1n) is 12.1. The van der Waals surface area contributed by atoms with Crippen molar-refractivity contribution >= 4 is 18.0 Å². The van der Waals surface area contributed by atoms with Gasteiger partial charge in [0.15, 0.2) is 0 Å². The fourth-order valence-electron chi connectivity index (χ4n) is 5.27. The second kappa shape index (κ2) is 10.7. The Hall–Kier alpha value is -3.35. The number of rotatable bonds is 8. The highest BCUT2D eigenvalue weighted by molar-refractivity contribution is 5.85. The van der Waals surface area contributed by atoms with E-state index in [2.05, 4.69) is 34.9 Å². The third-order valence-corrected chi connectivity index (χ3v) is 7.13. The van der Waals surface area contributed by atoms with Gasteiger partial charge in [0.05, 0.1) is 5.92 Å². The number of amides is 2. The molecule has 0 spiro atoms. The third-order valence-electron chi connectivity index (χ3n) is 7.13. The summed E-state index contributed by atoms with van der Waals surface area (Å²) in [4.78, 5) is 36.7. The zero-order valence-electron chi connectivity index (χ0n) is 19.5. The van der Waals surface area contributed by atoms with Gasteiger partial charge in [-0.1, -0.05) is 68.3 Å². The van der Waals surface area contributed by atoms with Gasteiger partial charge >= 0.3 is 12.1 Å². The molecule has 1 saturated carbocycles. The molecule has 0 saturated heterocycles. The van der Waals surface area contributed by atoms with Gasteiger partial charge < -0.3 is 20.5 Å². The van der Waals surface area contributed by atoms with E-state index in [-0.39, 0.29) is 24.3 Å². The highest BCUT2D eigenvalue weighted by atomic mass is 16.5. The quantitative estimate of drug-likeness (QED) is 0.540. The summed E-state index contributed by atoms with van der Waals surface area (Å²) in [7, 11) is 0. The maximum absolute atomic E-state index is 12.7. The summed E-state index contributed by atoms with van der Waals surface area (Å²) in [5, 5.41) is 14.9. The van der Waals surface area contributed by atoms with Crippen LogP contribution >= 0.6 is 0 Å². The smallest absolute Gasteiger partial charge is 0.407 e. The zero-order valence-corrected chi connectivity index (χ0v) is 19.5. The molecule has 0 aromatic heterocycles. The van der Waals surface area contributed by atoms with E-state index in [1.54, 1.807) is 0 Å². The number of alkyl carbamates (subject to hydrolysis) is 1. The van der Waals surface area contributed by atoms with Crippen molar-refractivity contribution in [3.63, 3.8) is 0 Å². The molecule has 2 aromatic carbocycles. The van der Waals surface area contributed by atoms with Crippen molar-refractivity contribution in [2.45, 2.75) is 51.0 Å². The molecule has 2 aromatic rings. The zero-order chi connectivity index (χ0) is 24.1. The van der Waals surface area contributed by atoms with Crippen LogP contribution in [0, 0.1) is 11.8 Å². The fraction of sp³-hybridized carbons (Fsp3) is 0.444. The van der Waals surface area contributed by atoms with Gasteiger partial charge in [0, 0.05) is 12.5 Å². The Morgan fingerprint density at radius 3 is 2.24 bits per heavy atom. The largest absolute Gasteiger partial charge is 0.481 e. The van der Waals surface area contributed by atoms with Crippen LogP contribution in [0.4, 0.5) is 4.79 Å². The number of carboxylic acids is 1. The minimum absolute atomic E-state index is 0.0497. The maximum atomic E-state index is 12.7. The number of carboxylic acid groups (broad SMARTS) is 1. The maximum Gasteiger partial charge on any atom is 0.407 e. The highest BCUT2D eigenvalue weighted by Gasteiger charge is 2.32. The highest BCUT2D eigenvalue weighted by Crippen LogP contribution is 2.44. The number of fused-ring (bicyclic) bond motifs is 3. The summed E-state index contributed by atoms with van der Waals surface area (Å²) in [6.07, 6.45) is 3.08. The van der Waals surface area contributed by atoms with Gasteiger partial charge in [-0.25, -0.2) is 4.79 Å². The van der Waals surface area contributed by atoms with Crippen molar-refractivity contribution in [3.8, 4) is 11.1 Å². The Balaban J connectivity index is 1.31. The molecule has 180 valence electrons. The average Bonchev–Trinajstić information content (AvgIpc) is 3.18. The fourth-order valence-corrected chi connectivity index (χ4v) is 5.27. The number of aliphatic carboxylic acids is 1. The molecule has 2 aliphatic rings. The van der Waals surface area contributed by atoms with Crippen LogP contribution in [0.15, 0.2) is 48.5 Å². The van der Waals surface area contributed by atoms with E-state index < -0.39 is 24.0 Å². The lowest BCUT2D eigenvalue weighted by Gasteiger charge is -2.29. The standard InChI is InChI=1S/C27H32N2O5/c1-2-24(25(30)28-15-17-9-3-4-10-18(17)26(31)32)29-27(33)34-16-23-21-13-7-5-11-19(21)20-12-6-8-14-22(20)23/h5-8,11-14,17-18,23-24H,2-4,9-10,15-16H2,1H3,(H,28,30)(H,29,33)(H,31,32)/t17?,18?,24-/m1/s1. The van der Waals surface area contributed by atoms with Gasteiger partial charge in [-0.05, 0) is 47.4 Å². The summed E-state index contributed by atoms with van der Waals surface area (Å²) < 4.78 is 5.56. The average molecular weight is 465 g/mol. The number of carbonyl (C=O) groups excluding carboxylic acids is 2. The summed E-state index contributed by atoms with van der Waals surface area (Å²) >= 11 is 0. The molecule has 0 bridgehead atoms. The Bertz CT molecular complexity index is 1010. The van der Waals surface area contributed by atoms with E-state index in [1.165, 1.54) is 0 Å². The molecule has 3 N–H and O–H groups in total. The number of benzene rings is 2. The summed E-state index contributed by atoms with van der Waals surface area (Å²) in [5.74, 6) is -1.67. The molecule has 0 heterocycles. The predicted molar refractivity (Wildman–Crippen MR) is 128 cm³/mol. The summed E-state index contributed by atoms with van der Waals surface area (Å²) in [6, 6.07) is 15.5. The minimum Gasteiger partial charge on any atom is -0.481 e. The van der Waals surface area contributed by atoms with E-state index in [0.717, 1.165) is 41.5 Å². The van der Waals surface area contributed by atoms with Crippen molar-refractivity contribution in [3.05, 3.63) is 59.7 Å². The molecular weight excluding hydrogens is 432 g/mol. The van der Waals surface area contributed by atoms with Gasteiger partial charge in [-0.3, -0.25) is 9.59 Å². The van der Waals surface area contributed by atoms with E-state index in [1.807, 2.05) is 31.2 Å². The van der Waals surface area contributed by atoms with Crippen LogP contribution in [-0.4, -0.2) is 42.3 Å². The first kappa shape index (κ1) is 23.8. The second-order valence-corrected chi connectivity index (χ2v) is 9.17. The van der Waals surface area contributed by atoms with Crippen LogP contribution in [0.1, 0.15) is 56.1 Å². The van der Waals surface area contributed by atoms with Gasteiger partial charge in [0.2, 0.25) is 5.91 Å². The van der Waals surface area contributed by atoms with Crippen LogP contribution in [0.2, 0.25) is 0 Å². The van der Waals surface area contributed by atoms with Crippen LogP contribution in [0.25, 0.3) is 11.1 Å². The van der Waals surface area contributed by atoms with E-state index in [4.69, 9.17) is 4.74 Å². The molecule has 34 heavy (non-hydrogen) atoms. The predicted octanol–water partition coefficient (Wildman–Crippen LogP) is 4.31. The monoisotopic (exact) mass is 464 g/mol. The Kier molecular flexibility index (Phi) is 7.50. The number of nitrogens with one attached hydrogen (secondary N) is 2. The SMILES string of the molecule is CC[C@@H](NC(=O)OCC1c2ccccc2-c2ccccc21)C(=O)NCC1CCCCC1C(=O)O. The van der Waals surface area contributed by atoms with Crippen molar-refractivity contribution in [1.82, 2.24) is 10.6 Å². The van der Waals surface area contributed by atoms with Crippen LogP contribution < -0.4 is 10.6 Å². The second-order valence-electron chi connectivity index (χ2n) is 9.17. The lowest BCUT2D eigenvalue weighted by molar-refractivity contribution is -0.145. The van der Waals surface area contributed by atoms with E-state index in [9.17, 15) is 19.5 Å². The lowest BCUT2D eigenvalue weighted by atomic mass is 9.79. The summed E-state index contributed by atoms with van der Waals surface area (Å²) in [5.41, 5.74) is 4.56. The van der Waals surface area contributed by atoms with Crippen LogP contribution in [-0.2, 0) is 14.3 Å².